The van der Waals surface area contributed by atoms with Crippen LogP contribution >= 0.6 is 0 Å². The van der Waals surface area contributed by atoms with Crippen LogP contribution in [0.2, 0.25) is 0 Å². The quantitative estimate of drug-likeness (QED) is 0.615. The first-order chi connectivity index (χ1) is 15.1. The van der Waals surface area contributed by atoms with E-state index in [0.29, 0.717) is 11.8 Å². The maximum Gasteiger partial charge on any atom is 0.256 e. The van der Waals surface area contributed by atoms with Crippen LogP contribution in [0, 0.1) is 11.7 Å². The molecule has 31 heavy (non-hydrogen) atoms. The molecule has 2 saturated heterocycles. The summed E-state index contributed by atoms with van der Waals surface area (Å²) in [5.41, 5.74) is 3.10. The number of carbonyl (C=O) groups excluding carboxylic acids is 1. The average molecular weight is 420 g/mol. The number of nitrogens with zero attached hydrogens (tertiary/aromatic N) is 3. The highest BCUT2D eigenvalue weighted by Gasteiger charge is 2.30. The molecule has 1 unspecified atom stereocenters. The highest BCUT2D eigenvalue weighted by atomic mass is 19.1. The monoisotopic (exact) mass is 419 g/mol. The molecule has 4 nitrogen and oxygen atoms in total. The molecule has 2 aliphatic rings. The summed E-state index contributed by atoms with van der Waals surface area (Å²) in [5, 5.41) is 1.12. The van der Waals surface area contributed by atoms with Crippen LogP contribution < -0.4 is 0 Å². The fraction of sp³-hybridized carbons (Fsp3) is 0.423. The van der Waals surface area contributed by atoms with Crippen LogP contribution in [0.25, 0.3) is 10.9 Å². The van der Waals surface area contributed by atoms with E-state index in [-0.39, 0.29) is 11.7 Å². The van der Waals surface area contributed by atoms with Gasteiger partial charge in [0.15, 0.2) is 0 Å². The van der Waals surface area contributed by atoms with Crippen molar-refractivity contribution >= 4 is 16.8 Å². The van der Waals surface area contributed by atoms with Crippen LogP contribution in [0.3, 0.4) is 0 Å². The zero-order valence-corrected chi connectivity index (χ0v) is 18.1. The minimum absolute atomic E-state index is 0.157. The molecule has 0 bridgehead atoms. The number of aryl methyl sites for hydroxylation is 1. The normalized spacial score (nSPS) is 20.6. The lowest BCUT2D eigenvalue weighted by atomic mass is 9.89. The molecule has 0 N–H and O–H groups in total. The van der Waals surface area contributed by atoms with E-state index in [1.165, 1.54) is 5.56 Å². The first kappa shape index (κ1) is 20.3. The van der Waals surface area contributed by atoms with E-state index < -0.39 is 0 Å². The topological polar surface area (TPSA) is 28.5 Å². The highest BCUT2D eigenvalue weighted by Crippen LogP contribution is 2.30. The van der Waals surface area contributed by atoms with Gasteiger partial charge < -0.3 is 14.4 Å². The second kappa shape index (κ2) is 8.46. The molecule has 3 heterocycles. The number of amides is 1. The predicted octanol–water partition coefficient (Wildman–Crippen LogP) is 4.66. The average Bonchev–Trinajstić information content (AvgIpc) is 3.41. The molecular weight excluding hydrogens is 389 g/mol. The van der Waals surface area contributed by atoms with Crippen LogP contribution in [0.4, 0.5) is 4.39 Å². The van der Waals surface area contributed by atoms with Crippen molar-refractivity contribution in [3.05, 3.63) is 71.7 Å². The smallest absolute Gasteiger partial charge is 0.256 e. The number of halogens is 1. The lowest BCUT2D eigenvalue weighted by Gasteiger charge is -2.33. The number of benzene rings is 2. The molecule has 0 spiro atoms. The van der Waals surface area contributed by atoms with Crippen molar-refractivity contribution in [1.29, 1.82) is 0 Å². The van der Waals surface area contributed by atoms with E-state index in [1.54, 1.807) is 12.1 Å². The zero-order chi connectivity index (χ0) is 21.4. The second-order valence-corrected chi connectivity index (χ2v) is 9.20. The van der Waals surface area contributed by atoms with Gasteiger partial charge in [-0.3, -0.25) is 4.79 Å². The van der Waals surface area contributed by atoms with Crippen LogP contribution in [-0.2, 0) is 7.05 Å². The summed E-state index contributed by atoms with van der Waals surface area (Å²) in [6, 6.07) is 15.1. The summed E-state index contributed by atoms with van der Waals surface area (Å²) >= 11 is 0. The van der Waals surface area contributed by atoms with Crippen molar-refractivity contribution in [1.82, 2.24) is 14.4 Å². The van der Waals surface area contributed by atoms with Gasteiger partial charge >= 0.3 is 0 Å². The molecule has 3 aromatic rings. The number of aromatic nitrogens is 1. The van der Waals surface area contributed by atoms with Gasteiger partial charge in [0.25, 0.3) is 5.91 Å². The number of para-hydroxylation sites is 1. The molecule has 0 saturated carbocycles. The lowest BCUT2D eigenvalue weighted by Crippen LogP contribution is -2.37. The Hall–Kier alpha value is -2.66. The Kier molecular flexibility index (Phi) is 5.53. The number of carbonyl (C=O) groups is 1. The van der Waals surface area contributed by atoms with Crippen LogP contribution in [-0.4, -0.2) is 53.0 Å². The van der Waals surface area contributed by atoms with Crippen molar-refractivity contribution in [2.75, 3.05) is 32.7 Å². The minimum Gasteiger partial charge on any atom is -0.350 e. The third-order valence-corrected chi connectivity index (χ3v) is 7.15. The summed E-state index contributed by atoms with van der Waals surface area (Å²) in [4.78, 5) is 17.8. The molecule has 1 aromatic heterocycles. The van der Waals surface area contributed by atoms with Gasteiger partial charge in [-0.2, -0.15) is 0 Å². The largest absolute Gasteiger partial charge is 0.350 e. The van der Waals surface area contributed by atoms with Crippen molar-refractivity contribution in [3.8, 4) is 0 Å². The number of piperidine rings is 1. The van der Waals surface area contributed by atoms with Gasteiger partial charge in [0.05, 0.1) is 11.1 Å². The Morgan fingerprint density at radius 3 is 2.55 bits per heavy atom. The van der Waals surface area contributed by atoms with Crippen molar-refractivity contribution < 1.29 is 9.18 Å². The maximum absolute atomic E-state index is 13.2. The van der Waals surface area contributed by atoms with Gasteiger partial charge in [0.1, 0.15) is 5.82 Å². The summed E-state index contributed by atoms with van der Waals surface area (Å²) in [7, 11) is 2.00. The molecule has 2 aliphatic heterocycles. The summed E-state index contributed by atoms with van der Waals surface area (Å²) in [6.07, 6.45) is 5.34. The van der Waals surface area contributed by atoms with Crippen LogP contribution in [0.15, 0.2) is 54.7 Å². The van der Waals surface area contributed by atoms with Crippen molar-refractivity contribution in [2.45, 2.75) is 25.2 Å². The molecule has 2 aromatic carbocycles. The van der Waals surface area contributed by atoms with Gasteiger partial charge in [-0.15, -0.1) is 0 Å². The van der Waals surface area contributed by atoms with Crippen LogP contribution in [0.1, 0.15) is 41.1 Å². The Morgan fingerprint density at radius 2 is 1.77 bits per heavy atom. The van der Waals surface area contributed by atoms with E-state index in [9.17, 15) is 9.18 Å². The molecule has 2 fully saturated rings. The van der Waals surface area contributed by atoms with E-state index >= 15 is 0 Å². The summed E-state index contributed by atoms with van der Waals surface area (Å²) in [6.45, 7) is 4.91. The minimum atomic E-state index is -0.162. The Labute approximate surface area is 183 Å². The van der Waals surface area contributed by atoms with Gasteiger partial charge in [-0.05, 0) is 74.0 Å². The van der Waals surface area contributed by atoms with Gasteiger partial charge in [0.2, 0.25) is 0 Å². The third-order valence-electron chi connectivity index (χ3n) is 7.15. The second-order valence-electron chi connectivity index (χ2n) is 9.20. The lowest BCUT2D eigenvalue weighted by molar-refractivity contribution is 0.0783. The van der Waals surface area contributed by atoms with Gasteiger partial charge in [0, 0.05) is 38.3 Å². The maximum atomic E-state index is 13.2. The molecule has 162 valence electrons. The summed E-state index contributed by atoms with van der Waals surface area (Å²) in [5.74, 6) is 1.07. The predicted molar refractivity (Wildman–Crippen MR) is 122 cm³/mol. The Balaban J connectivity index is 1.17. The number of fused-ring (bicyclic) bond motifs is 1. The SMILES string of the molecule is Cn1ccc2cccc(C(=O)N3CCC(CN4CCC(c5ccc(F)cc5)CC4)C3)c21. The first-order valence-corrected chi connectivity index (χ1v) is 11.4. The molecule has 1 amide bonds. The van der Waals surface area contributed by atoms with Gasteiger partial charge in [-0.1, -0.05) is 24.3 Å². The fourth-order valence-electron chi connectivity index (χ4n) is 5.41. The van der Waals surface area contributed by atoms with E-state index in [2.05, 4.69) is 17.0 Å². The molecule has 0 radical (unpaired) electrons. The van der Waals surface area contributed by atoms with Crippen molar-refractivity contribution in [3.63, 3.8) is 0 Å². The molecule has 0 aliphatic carbocycles. The molecule has 5 heteroatoms. The first-order valence-electron chi connectivity index (χ1n) is 11.4. The Bertz CT molecular complexity index is 1070. The molecule has 1 atom stereocenters. The van der Waals surface area contributed by atoms with E-state index in [0.717, 1.165) is 68.5 Å². The fourth-order valence-corrected chi connectivity index (χ4v) is 5.41. The highest BCUT2D eigenvalue weighted by molar-refractivity contribution is 6.06. The standard InChI is InChI=1S/C26H30FN3O/c1-28-13-10-22-3-2-4-24(25(22)28)26(31)30-16-9-19(18-30)17-29-14-11-21(12-15-29)20-5-7-23(27)8-6-20/h2-8,10,13,19,21H,9,11-12,14-18H2,1H3. The van der Waals surface area contributed by atoms with Crippen LogP contribution in [0.5, 0.6) is 0 Å². The molecular formula is C26H30FN3O. The third kappa shape index (κ3) is 4.11. The number of hydrogen-bond acceptors (Lipinski definition) is 2. The number of hydrogen-bond donors (Lipinski definition) is 0. The van der Waals surface area contributed by atoms with E-state index in [4.69, 9.17) is 0 Å². The zero-order valence-electron chi connectivity index (χ0n) is 18.1. The number of rotatable bonds is 4. The Morgan fingerprint density at radius 1 is 1.00 bits per heavy atom. The number of likely N-dealkylation sites (tertiary alicyclic amines) is 2. The van der Waals surface area contributed by atoms with Crippen molar-refractivity contribution in [2.24, 2.45) is 13.0 Å². The van der Waals surface area contributed by atoms with Gasteiger partial charge in [-0.25, -0.2) is 4.39 Å². The molecule has 5 rings (SSSR count). The van der Waals surface area contributed by atoms with E-state index in [1.807, 2.05) is 47.0 Å². The summed E-state index contributed by atoms with van der Waals surface area (Å²) < 4.78 is 15.2.